The van der Waals surface area contributed by atoms with Gasteiger partial charge >= 0.3 is 0 Å². The van der Waals surface area contributed by atoms with Crippen molar-refractivity contribution in [3.63, 3.8) is 0 Å². The molecule has 0 saturated carbocycles. The third kappa shape index (κ3) is 5.02. The molecule has 3 aromatic carbocycles. The van der Waals surface area contributed by atoms with Crippen LogP contribution in [0.15, 0.2) is 78.9 Å². The second kappa shape index (κ2) is 10.4. The minimum Gasteiger partial charge on any atom is -0.495 e. The van der Waals surface area contributed by atoms with Crippen LogP contribution in [0.5, 0.6) is 5.75 Å². The maximum atomic E-state index is 13.5. The lowest BCUT2D eigenvalue weighted by Crippen LogP contribution is -2.33. The Kier molecular flexibility index (Phi) is 7.09. The Balaban J connectivity index is 1.60. The molecule has 0 aliphatic rings. The Morgan fingerprint density at radius 1 is 0.971 bits per heavy atom. The molecule has 4 aromatic rings. The van der Waals surface area contributed by atoms with E-state index in [4.69, 9.17) is 9.84 Å². The molecule has 174 valence electrons. The molecule has 6 nitrogen and oxygen atoms in total. The van der Waals surface area contributed by atoms with E-state index in [9.17, 15) is 4.79 Å². The number of aryl methyl sites for hydroxylation is 2. The highest BCUT2D eigenvalue weighted by atomic mass is 16.5. The Hall–Kier alpha value is -3.90. The molecule has 0 radical (unpaired) electrons. The summed E-state index contributed by atoms with van der Waals surface area (Å²) in [6.45, 7) is 6.54. The van der Waals surface area contributed by atoms with Crippen LogP contribution in [0.3, 0.4) is 0 Å². The maximum Gasteiger partial charge on any atom is 0.246 e. The Morgan fingerprint density at radius 2 is 1.65 bits per heavy atom. The van der Waals surface area contributed by atoms with Crippen molar-refractivity contribution in [2.45, 2.75) is 33.4 Å². The van der Waals surface area contributed by atoms with Gasteiger partial charge in [-0.25, -0.2) is 4.68 Å². The minimum atomic E-state index is -0.551. The van der Waals surface area contributed by atoms with E-state index in [1.807, 2.05) is 97.4 Å². The first-order valence-electron chi connectivity index (χ1n) is 11.3. The molecule has 2 N–H and O–H groups in total. The number of carbonyl (C=O) groups excluding carboxylic acids is 1. The quantitative estimate of drug-likeness (QED) is 0.380. The Morgan fingerprint density at radius 3 is 2.32 bits per heavy atom. The maximum absolute atomic E-state index is 13.5. The van der Waals surface area contributed by atoms with E-state index in [0.717, 1.165) is 33.8 Å². The van der Waals surface area contributed by atoms with Gasteiger partial charge in [0.1, 0.15) is 11.8 Å². The van der Waals surface area contributed by atoms with E-state index in [-0.39, 0.29) is 5.91 Å². The van der Waals surface area contributed by atoms with Crippen molar-refractivity contribution in [1.82, 2.24) is 15.1 Å². The number of hydrogen-bond acceptors (Lipinski definition) is 4. The zero-order valence-electron chi connectivity index (χ0n) is 20.0. The van der Waals surface area contributed by atoms with Gasteiger partial charge in [-0.15, -0.1) is 0 Å². The van der Waals surface area contributed by atoms with Gasteiger partial charge in [0.15, 0.2) is 0 Å². The summed E-state index contributed by atoms with van der Waals surface area (Å²) >= 11 is 0. The topological polar surface area (TPSA) is 68.2 Å². The van der Waals surface area contributed by atoms with Crippen molar-refractivity contribution in [2.75, 3.05) is 12.4 Å². The molecule has 6 heteroatoms. The summed E-state index contributed by atoms with van der Waals surface area (Å²) in [6, 6.07) is 25.0. The summed E-state index contributed by atoms with van der Waals surface area (Å²) in [7, 11) is 1.60. The smallest absolute Gasteiger partial charge is 0.246 e. The first kappa shape index (κ1) is 23.3. The number of ether oxygens (including phenoxy) is 1. The van der Waals surface area contributed by atoms with Crippen LogP contribution in [0.2, 0.25) is 0 Å². The van der Waals surface area contributed by atoms with Crippen LogP contribution >= 0.6 is 0 Å². The molecule has 34 heavy (non-hydrogen) atoms. The Labute approximate surface area is 200 Å². The van der Waals surface area contributed by atoms with E-state index in [2.05, 4.69) is 17.6 Å². The van der Waals surface area contributed by atoms with Crippen LogP contribution in [-0.4, -0.2) is 22.8 Å². The summed E-state index contributed by atoms with van der Waals surface area (Å²) in [5, 5.41) is 11.3. The number of aromatic nitrogens is 2. The molecule has 0 saturated heterocycles. The second-order valence-corrected chi connectivity index (χ2v) is 8.31. The zero-order chi connectivity index (χ0) is 24.1. The lowest BCUT2D eigenvalue weighted by Gasteiger charge is -2.20. The molecular formula is C28H30N4O2. The zero-order valence-corrected chi connectivity index (χ0v) is 20.0. The molecular weight excluding hydrogens is 424 g/mol. The van der Waals surface area contributed by atoms with E-state index >= 15 is 0 Å². The first-order valence-corrected chi connectivity index (χ1v) is 11.3. The average Bonchev–Trinajstić information content (AvgIpc) is 3.14. The van der Waals surface area contributed by atoms with Gasteiger partial charge in [0, 0.05) is 17.8 Å². The molecule has 1 heterocycles. The number of methoxy groups -OCH3 is 1. The summed E-state index contributed by atoms with van der Waals surface area (Å²) in [5.41, 5.74) is 6.64. The summed E-state index contributed by atoms with van der Waals surface area (Å²) in [6.07, 6.45) is 0. The molecule has 0 spiro atoms. The van der Waals surface area contributed by atoms with Crippen molar-refractivity contribution >= 4 is 11.6 Å². The molecule has 0 aliphatic heterocycles. The number of rotatable bonds is 8. The minimum absolute atomic E-state index is 0.152. The molecule has 1 aromatic heterocycles. The highest BCUT2D eigenvalue weighted by Crippen LogP contribution is 2.27. The van der Waals surface area contributed by atoms with Gasteiger partial charge in [0.2, 0.25) is 5.91 Å². The van der Waals surface area contributed by atoms with E-state index in [0.29, 0.717) is 18.0 Å². The third-order valence-electron chi connectivity index (χ3n) is 5.93. The van der Waals surface area contributed by atoms with Gasteiger partial charge in [-0.1, -0.05) is 54.6 Å². The molecule has 0 aliphatic carbocycles. The van der Waals surface area contributed by atoms with E-state index in [1.54, 1.807) is 7.11 Å². The molecule has 0 bridgehead atoms. The van der Waals surface area contributed by atoms with Crippen molar-refractivity contribution in [3.05, 3.63) is 107 Å². The highest BCUT2D eigenvalue weighted by Gasteiger charge is 2.23. The number of benzene rings is 3. The van der Waals surface area contributed by atoms with Crippen molar-refractivity contribution in [2.24, 2.45) is 0 Å². The van der Waals surface area contributed by atoms with Gasteiger partial charge in [-0.3, -0.25) is 10.1 Å². The fraction of sp³-hybridized carbons (Fsp3) is 0.214. The highest BCUT2D eigenvalue weighted by molar-refractivity contribution is 5.96. The lowest BCUT2D eigenvalue weighted by atomic mass is 10.0. The van der Waals surface area contributed by atoms with Gasteiger partial charge < -0.3 is 10.1 Å². The van der Waals surface area contributed by atoms with Crippen molar-refractivity contribution < 1.29 is 9.53 Å². The summed E-state index contributed by atoms with van der Waals surface area (Å²) in [4.78, 5) is 13.5. The van der Waals surface area contributed by atoms with Crippen LogP contribution in [0.25, 0.3) is 5.69 Å². The molecule has 1 amide bonds. The van der Waals surface area contributed by atoms with Gasteiger partial charge in [-0.2, -0.15) is 5.10 Å². The number of amides is 1. The molecule has 0 fully saturated rings. The van der Waals surface area contributed by atoms with E-state index in [1.165, 1.54) is 0 Å². The lowest BCUT2D eigenvalue weighted by molar-refractivity contribution is -0.118. The molecule has 1 unspecified atom stereocenters. The summed E-state index contributed by atoms with van der Waals surface area (Å²) in [5.74, 6) is 0.474. The standard InChI is InChI=1S/C28H30N4O2/c1-19-15-16-26(34-4)25(17-19)30-28(33)27(22-11-7-5-8-12-22)29-18-24-20(2)31-32(21(24)3)23-13-9-6-10-14-23/h5-17,27,29H,18H2,1-4H3,(H,30,33). The fourth-order valence-corrected chi connectivity index (χ4v) is 4.09. The number of anilines is 1. The molecule has 1 atom stereocenters. The predicted molar refractivity (Wildman–Crippen MR) is 135 cm³/mol. The number of nitrogens with one attached hydrogen (secondary N) is 2. The van der Waals surface area contributed by atoms with Crippen LogP contribution in [-0.2, 0) is 11.3 Å². The van der Waals surface area contributed by atoms with Gasteiger partial charge in [0.25, 0.3) is 0 Å². The average molecular weight is 455 g/mol. The summed E-state index contributed by atoms with van der Waals surface area (Å²) < 4.78 is 7.39. The normalized spacial score (nSPS) is 11.8. The van der Waals surface area contributed by atoms with Crippen molar-refractivity contribution in [1.29, 1.82) is 0 Å². The monoisotopic (exact) mass is 454 g/mol. The SMILES string of the molecule is COc1ccc(C)cc1NC(=O)C(NCc1c(C)nn(-c2ccccc2)c1C)c1ccccc1. The number of hydrogen-bond donors (Lipinski definition) is 2. The van der Waals surface area contributed by atoms with Crippen LogP contribution in [0, 0.1) is 20.8 Å². The van der Waals surface area contributed by atoms with Crippen molar-refractivity contribution in [3.8, 4) is 11.4 Å². The van der Waals surface area contributed by atoms with E-state index < -0.39 is 6.04 Å². The second-order valence-electron chi connectivity index (χ2n) is 8.31. The van der Waals surface area contributed by atoms with Gasteiger partial charge in [-0.05, 0) is 56.2 Å². The number of carbonyl (C=O) groups is 1. The predicted octanol–water partition coefficient (Wildman–Crippen LogP) is 5.28. The largest absolute Gasteiger partial charge is 0.495 e. The first-order chi connectivity index (χ1) is 16.5. The van der Waals surface area contributed by atoms with Gasteiger partial charge in [0.05, 0.1) is 24.2 Å². The van der Waals surface area contributed by atoms with Crippen LogP contribution in [0.4, 0.5) is 5.69 Å². The number of nitrogens with zero attached hydrogens (tertiary/aromatic N) is 2. The molecule has 4 rings (SSSR count). The number of para-hydroxylation sites is 1. The van der Waals surface area contributed by atoms with Crippen LogP contribution in [0.1, 0.15) is 34.1 Å². The fourth-order valence-electron chi connectivity index (χ4n) is 4.09. The Bertz CT molecular complexity index is 1270. The van der Waals surface area contributed by atoms with Crippen LogP contribution < -0.4 is 15.4 Å². The third-order valence-corrected chi connectivity index (χ3v) is 5.93.